The molecule has 9 heavy (non-hydrogen) atoms. The predicted octanol–water partition coefficient (Wildman–Crippen LogP) is 0.305. The maximum atomic E-state index is 8.28. The summed E-state index contributed by atoms with van der Waals surface area (Å²) in [6.07, 6.45) is 0.665. The van der Waals surface area contributed by atoms with Gasteiger partial charge in [-0.2, -0.15) is 0 Å². The number of nitrogens with zero attached hydrogens (tertiary/aromatic N) is 1. The van der Waals surface area contributed by atoms with E-state index in [1.165, 1.54) is 0 Å². The minimum atomic E-state index is 0.165. The van der Waals surface area contributed by atoms with Crippen LogP contribution in [0.4, 0.5) is 0 Å². The van der Waals surface area contributed by atoms with E-state index in [2.05, 4.69) is 4.85 Å². The number of aliphatic hydroxyl groups is 1. The lowest BCUT2D eigenvalue weighted by Gasteiger charge is -1.95. The van der Waals surface area contributed by atoms with Crippen molar-refractivity contribution < 1.29 is 9.84 Å². The van der Waals surface area contributed by atoms with Crippen molar-refractivity contribution in [3.63, 3.8) is 0 Å². The topological polar surface area (TPSA) is 33.8 Å². The summed E-state index contributed by atoms with van der Waals surface area (Å²) in [5, 5.41) is 8.28. The van der Waals surface area contributed by atoms with Gasteiger partial charge in [-0.3, -0.25) is 0 Å². The molecule has 0 saturated carbocycles. The van der Waals surface area contributed by atoms with Crippen molar-refractivity contribution >= 4 is 0 Å². The van der Waals surface area contributed by atoms with E-state index in [0.717, 1.165) is 0 Å². The van der Waals surface area contributed by atoms with Crippen LogP contribution in [0.1, 0.15) is 6.42 Å². The second-order valence-corrected chi connectivity index (χ2v) is 1.57. The minimum Gasteiger partial charge on any atom is -0.396 e. The van der Waals surface area contributed by atoms with Crippen LogP contribution in [0.5, 0.6) is 0 Å². The van der Waals surface area contributed by atoms with Crippen LogP contribution in [0.15, 0.2) is 0 Å². The Morgan fingerprint density at radius 2 is 2.22 bits per heavy atom. The van der Waals surface area contributed by atoms with Gasteiger partial charge in [-0.25, -0.2) is 6.57 Å². The van der Waals surface area contributed by atoms with Crippen molar-refractivity contribution in [2.75, 3.05) is 26.4 Å². The van der Waals surface area contributed by atoms with Gasteiger partial charge in [-0.15, -0.1) is 0 Å². The van der Waals surface area contributed by atoms with E-state index < -0.39 is 0 Å². The molecule has 1 N–H and O–H groups in total. The SMILES string of the molecule is [C-]#[N+]CCOCCCO. The second-order valence-electron chi connectivity index (χ2n) is 1.57. The fourth-order valence-electron chi connectivity index (χ4n) is 0.379. The third-order valence-electron chi connectivity index (χ3n) is 0.794. The van der Waals surface area contributed by atoms with E-state index in [9.17, 15) is 0 Å². The summed E-state index contributed by atoms with van der Waals surface area (Å²) in [7, 11) is 0. The smallest absolute Gasteiger partial charge is 0.237 e. The third-order valence-corrected chi connectivity index (χ3v) is 0.794. The molecule has 52 valence electrons. The average molecular weight is 129 g/mol. The summed E-state index contributed by atoms with van der Waals surface area (Å²) >= 11 is 0. The zero-order chi connectivity index (χ0) is 6.95. The summed E-state index contributed by atoms with van der Waals surface area (Å²) in [5.41, 5.74) is 0. The first-order valence-electron chi connectivity index (χ1n) is 2.93. The Kier molecular flexibility index (Phi) is 6.92. The molecule has 3 nitrogen and oxygen atoms in total. The van der Waals surface area contributed by atoms with E-state index in [4.69, 9.17) is 16.4 Å². The predicted molar refractivity (Wildman–Crippen MR) is 34.0 cm³/mol. The highest BCUT2D eigenvalue weighted by Gasteiger charge is 1.87. The molecule has 0 unspecified atom stereocenters. The van der Waals surface area contributed by atoms with E-state index >= 15 is 0 Å². The van der Waals surface area contributed by atoms with Crippen molar-refractivity contribution in [2.45, 2.75) is 6.42 Å². The third kappa shape index (κ3) is 7.41. The Balaban J connectivity index is 2.69. The van der Waals surface area contributed by atoms with Gasteiger partial charge in [0.2, 0.25) is 6.54 Å². The van der Waals surface area contributed by atoms with Crippen molar-refractivity contribution in [2.24, 2.45) is 0 Å². The van der Waals surface area contributed by atoms with Gasteiger partial charge in [-0.05, 0) is 6.42 Å². The van der Waals surface area contributed by atoms with Crippen LogP contribution in [-0.4, -0.2) is 31.5 Å². The van der Waals surface area contributed by atoms with Gasteiger partial charge in [0.15, 0.2) is 0 Å². The highest BCUT2D eigenvalue weighted by molar-refractivity contribution is 4.55. The summed E-state index contributed by atoms with van der Waals surface area (Å²) < 4.78 is 4.94. The normalized spacial score (nSPS) is 8.89. The Labute approximate surface area is 55.1 Å². The molecule has 0 rings (SSSR count). The van der Waals surface area contributed by atoms with E-state index in [1.807, 2.05) is 0 Å². The minimum absolute atomic E-state index is 0.165. The maximum Gasteiger partial charge on any atom is 0.237 e. The van der Waals surface area contributed by atoms with Crippen molar-refractivity contribution in [1.82, 2.24) is 0 Å². The van der Waals surface area contributed by atoms with Crippen LogP contribution in [0.3, 0.4) is 0 Å². The number of hydrogen-bond acceptors (Lipinski definition) is 2. The van der Waals surface area contributed by atoms with Crippen molar-refractivity contribution in [3.8, 4) is 0 Å². The Hall–Kier alpha value is -0.590. The van der Waals surface area contributed by atoms with E-state index in [-0.39, 0.29) is 6.61 Å². The van der Waals surface area contributed by atoms with Gasteiger partial charge in [0.25, 0.3) is 0 Å². The molecule has 0 spiro atoms. The van der Waals surface area contributed by atoms with E-state index in [0.29, 0.717) is 26.2 Å². The molecule has 0 fully saturated rings. The summed E-state index contributed by atoms with van der Waals surface area (Å²) in [5.74, 6) is 0. The lowest BCUT2D eigenvalue weighted by Crippen LogP contribution is -2.00. The molecular formula is C6H11NO2. The Morgan fingerprint density at radius 3 is 2.78 bits per heavy atom. The molecule has 3 heteroatoms. The molecule has 0 amide bonds. The number of rotatable bonds is 5. The van der Waals surface area contributed by atoms with Gasteiger partial charge in [0, 0.05) is 13.2 Å². The second kappa shape index (κ2) is 7.41. The molecule has 0 aliphatic carbocycles. The van der Waals surface area contributed by atoms with Gasteiger partial charge in [-0.1, -0.05) is 0 Å². The fourth-order valence-corrected chi connectivity index (χ4v) is 0.379. The van der Waals surface area contributed by atoms with E-state index in [1.54, 1.807) is 0 Å². The molecule has 0 aromatic carbocycles. The Morgan fingerprint density at radius 1 is 1.44 bits per heavy atom. The van der Waals surface area contributed by atoms with Crippen LogP contribution in [0.2, 0.25) is 0 Å². The van der Waals surface area contributed by atoms with Crippen molar-refractivity contribution in [3.05, 3.63) is 11.4 Å². The zero-order valence-corrected chi connectivity index (χ0v) is 5.34. The molecule has 0 aromatic heterocycles. The Bertz CT molecular complexity index is 87.5. The number of aliphatic hydroxyl groups excluding tert-OH is 1. The molecule has 0 heterocycles. The van der Waals surface area contributed by atoms with Gasteiger partial charge < -0.3 is 14.7 Å². The maximum absolute atomic E-state index is 8.28. The monoisotopic (exact) mass is 129 g/mol. The van der Waals surface area contributed by atoms with Crippen LogP contribution in [0.25, 0.3) is 4.85 Å². The van der Waals surface area contributed by atoms with Gasteiger partial charge in [0.05, 0.1) is 0 Å². The quantitative estimate of drug-likeness (QED) is 0.428. The lowest BCUT2D eigenvalue weighted by atomic mass is 10.5. The molecule has 0 bridgehead atoms. The van der Waals surface area contributed by atoms with Gasteiger partial charge >= 0.3 is 0 Å². The molecule has 0 aliphatic heterocycles. The van der Waals surface area contributed by atoms with Crippen LogP contribution in [0, 0.1) is 6.57 Å². The first-order valence-corrected chi connectivity index (χ1v) is 2.93. The molecular weight excluding hydrogens is 118 g/mol. The first-order chi connectivity index (χ1) is 4.41. The van der Waals surface area contributed by atoms with Crippen molar-refractivity contribution in [1.29, 1.82) is 0 Å². The highest BCUT2D eigenvalue weighted by Crippen LogP contribution is 1.80. The van der Waals surface area contributed by atoms with Crippen LogP contribution < -0.4 is 0 Å². The molecule has 0 atom stereocenters. The number of ether oxygens (including phenoxy) is 1. The first kappa shape index (κ1) is 8.41. The molecule has 0 radical (unpaired) electrons. The largest absolute Gasteiger partial charge is 0.396 e. The summed E-state index contributed by atoms with van der Waals surface area (Å²) in [4.78, 5) is 3.10. The lowest BCUT2D eigenvalue weighted by molar-refractivity contribution is 0.125. The van der Waals surface area contributed by atoms with Crippen LogP contribution in [-0.2, 0) is 4.74 Å². The standard InChI is InChI=1S/C6H11NO2/c1-7-3-6-9-5-2-4-8/h8H,2-6H2. The van der Waals surface area contributed by atoms with Crippen LogP contribution >= 0.6 is 0 Å². The highest BCUT2D eigenvalue weighted by atomic mass is 16.5. The summed E-state index contributed by atoms with van der Waals surface area (Å²) in [6, 6.07) is 0. The summed E-state index contributed by atoms with van der Waals surface area (Å²) in [6.45, 7) is 8.02. The fraction of sp³-hybridized carbons (Fsp3) is 0.833. The number of hydrogen-bond donors (Lipinski definition) is 1. The molecule has 0 aliphatic rings. The molecule has 0 aromatic rings. The van der Waals surface area contributed by atoms with Gasteiger partial charge in [0.1, 0.15) is 6.61 Å². The average Bonchev–Trinajstić information content (AvgIpc) is 1.89. The molecule has 0 saturated heterocycles. The zero-order valence-electron chi connectivity index (χ0n) is 5.34.